The van der Waals surface area contributed by atoms with Gasteiger partial charge in [-0.2, -0.15) is 13.2 Å². The smallest absolute Gasteiger partial charge is 0.356 e. The molecule has 0 aromatic heterocycles. The normalized spacial score (nSPS) is 14.6. The van der Waals surface area contributed by atoms with Gasteiger partial charge in [-0.1, -0.05) is 30.3 Å². The van der Waals surface area contributed by atoms with Crippen LogP contribution in [-0.2, 0) is 6.42 Å². The monoisotopic (exact) mass is 266 g/mol. The van der Waals surface area contributed by atoms with E-state index in [0.29, 0.717) is 6.42 Å². The number of aryl methyl sites for hydroxylation is 1. The third-order valence-corrected chi connectivity index (χ3v) is 2.62. The molecule has 0 amide bonds. The van der Waals surface area contributed by atoms with Gasteiger partial charge < -0.3 is 10.2 Å². The minimum atomic E-state index is -5.39. The van der Waals surface area contributed by atoms with Gasteiger partial charge in [0.2, 0.25) is 0 Å². The van der Waals surface area contributed by atoms with Crippen LogP contribution in [0.2, 0.25) is 0 Å². The third-order valence-electron chi connectivity index (χ3n) is 2.62. The molecule has 2 nitrogen and oxygen atoms in total. The molecule has 1 aromatic carbocycles. The maximum absolute atomic E-state index is 13.2. The van der Waals surface area contributed by atoms with Crippen molar-refractivity contribution in [3.05, 3.63) is 35.9 Å². The van der Waals surface area contributed by atoms with Crippen LogP contribution in [0.5, 0.6) is 0 Å². The lowest BCUT2D eigenvalue weighted by Crippen LogP contribution is -2.52. The number of benzene rings is 1. The molecule has 0 radical (unpaired) electrons. The van der Waals surface area contributed by atoms with E-state index in [1.807, 2.05) is 0 Å². The van der Waals surface area contributed by atoms with Crippen molar-refractivity contribution < 1.29 is 27.8 Å². The molecule has 0 fully saturated rings. The lowest BCUT2D eigenvalue weighted by molar-refractivity contribution is -0.369. The van der Waals surface area contributed by atoms with Crippen LogP contribution in [0.15, 0.2) is 30.3 Å². The zero-order valence-electron chi connectivity index (χ0n) is 9.49. The highest BCUT2D eigenvalue weighted by atomic mass is 19.4. The van der Waals surface area contributed by atoms with Gasteiger partial charge in [0, 0.05) is 0 Å². The van der Waals surface area contributed by atoms with E-state index in [-0.39, 0.29) is 6.42 Å². The Hall–Kier alpha value is -1.14. The van der Waals surface area contributed by atoms with Gasteiger partial charge in [0.15, 0.2) is 6.17 Å². The molecule has 0 aliphatic heterocycles. The van der Waals surface area contributed by atoms with Gasteiger partial charge >= 0.3 is 6.18 Å². The Kier molecular flexibility index (Phi) is 4.70. The van der Waals surface area contributed by atoms with Gasteiger partial charge in [-0.05, 0) is 24.8 Å². The first kappa shape index (κ1) is 14.9. The average Bonchev–Trinajstić information content (AvgIpc) is 2.28. The second-order valence-electron chi connectivity index (χ2n) is 4.07. The van der Waals surface area contributed by atoms with Gasteiger partial charge in [0.25, 0.3) is 5.79 Å². The van der Waals surface area contributed by atoms with Crippen LogP contribution in [0.1, 0.15) is 18.4 Å². The van der Waals surface area contributed by atoms with Crippen molar-refractivity contribution >= 4 is 0 Å². The molecule has 1 unspecified atom stereocenters. The summed E-state index contributed by atoms with van der Waals surface area (Å²) in [5, 5.41) is 17.3. The number of alkyl halides is 4. The fraction of sp³-hybridized carbons (Fsp3) is 0.500. The van der Waals surface area contributed by atoms with Crippen molar-refractivity contribution in [3.63, 3.8) is 0 Å². The first-order valence-electron chi connectivity index (χ1n) is 5.44. The molecule has 1 aromatic rings. The summed E-state index contributed by atoms with van der Waals surface area (Å²) in [7, 11) is 0. The molecule has 2 N–H and O–H groups in total. The number of halogens is 4. The van der Waals surface area contributed by atoms with Crippen molar-refractivity contribution in [1.82, 2.24) is 0 Å². The third kappa shape index (κ3) is 3.68. The predicted molar refractivity (Wildman–Crippen MR) is 57.5 cm³/mol. The van der Waals surface area contributed by atoms with E-state index >= 15 is 0 Å². The molecule has 0 bridgehead atoms. The molecule has 0 saturated carbocycles. The van der Waals surface area contributed by atoms with Crippen LogP contribution in [0.25, 0.3) is 0 Å². The Morgan fingerprint density at radius 3 is 2.11 bits per heavy atom. The highest BCUT2D eigenvalue weighted by Crippen LogP contribution is 2.34. The molecule has 18 heavy (non-hydrogen) atoms. The number of hydrogen-bond donors (Lipinski definition) is 2. The summed E-state index contributed by atoms with van der Waals surface area (Å²) in [6.07, 6.45) is -8.22. The van der Waals surface area contributed by atoms with Crippen molar-refractivity contribution in [2.45, 2.75) is 37.4 Å². The molecule has 0 aliphatic rings. The van der Waals surface area contributed by atoms with Crippen LogP contribution in [0.4, 0.5) is 17.6 Å². The molecular formula is C12H14F4O2. The number of rotatable bonds is 5. The Balaban J connectivity index is 2.45. The van der Waals surface area contributed by atoms with Crippen LogP contribution in [0, 0.1) is 0 Å². The van der Waals surface area contributed by atoms with E-state index in [1.54, 1.807) is 30.3 Å². The summed E-state index contributed by atoms with van der Waals surface area (Å²) < 4.78 is 49.4. The Bertz CT molecular complexity index is 362. The maximum atomic E-state index is 13.2. The lowest BCUT2D eigenvalue weighted by Gasteiger charge is -2.27. The second-order valence-corrected chi connectivity index (χ2v) is 4.07. The van der Waals surface area contributed by atoms with Crippen molar-refractivity contribution in [2.75, 3.05) is 0 Å². The van der Waals surface area contributed by atoms with E-state index in [0.717, 1.165) is 5.56 Å². The van der Waals surface area contributed by atoms with Crippen molar-refractivity contribution in [3.8, 4) is 0 Å². The van der Waals surface area contributed by atoms with Crippen molar-refractivity contribution in [1.29, 1.82) is 0 Å². The first-order valence-corrected chi connectivity index (χ1v) is 5.44. The SMILES string of the molecule is OC(O)(C(F)CCCc1ccccc1)C(F)(F)F. The Labute approximate surface area is 102 Å². The molecule has 0 spiro atoms. The first-order chi connectivity index (χ1) is 8.25. The summed E-state index contributed by atoms with van der Waals surface area (Å²) in [5.41, 5.74) is 0.859. The van der Waals surface area contributed by atoms with Crippen LogP contribution in [-0.4, -0.2) is 28.3 Å². The minimum Gasteiger partial charge on any atom is -0.356 e. The van der Waals surface area contributed by atoms with Gasteiger partial charge in [-0.3, -0.25) is 0 Å². The van der Waals surface area contributed by atoms with Gasteiger partial charge in [-0.15, -0.1) is 0 Å². The lowest BCUT2D eigenvalue weighted by atomic mass is 10.0. The van der Waals surface area contributed by atoms with Crippen molar-refractivity contribution in [2.24, 2.45) is 0 Å². The number of aliphatic hydroxyl groups is 2. The average molecular weight is 266 g/mol. The predicted octanol–water partition coefficient (Wildman–Crippen LogP) is 2.59. The molecule has 0 heterocycles. The second kappa shape index (κ2) is 5.67. The summed E-state index contributed by atoms with van der Waals surface area (Å²) in [4.78, 5) is 0. The molecule has 102 valence electrons. The van der Waals surface area contributed by atoms with Crippen LogP contribution in [0.3, 0.4) is 0 Å². The summed E-state index contributed by atoms with van der Waals surface area (Å²) in [5.74, 6) is -4.27. The van der Waals surface area contributed by atoms with Crippen LogP contribution < -0.4 is 0 Å². The fourth-order valence-electron chi connectivity index (χ4n) is 1.51. The Morgan fingerprint density at radius 1 is 1.06 bits per heavy atom. The zero-order chi connectivity index (χ0) is 13.8. The fourth-order valence-corrected chi connectivity index (χ4v) is 1.51. The molecular weight excluding hydrogens is 252 g/mol. The van der Waals surface area contributed by atoms with E-state index in [9.17, 15) is 17.6 Å². The zero-order valence-corrected chi connectivity index (χ0v) is 9.49. The standard InChI is InChI=1S/C12H14F4O2/c13-10(11(17,18)12(14,15)16)8-4-7-9-5-2-1-3-6-9/h1-3,5-6,10,17-18H,4,7-8H2. The number of hydrogen-bond acceptors (Lipinski definition) is 2. The van der Waals surface area contributed by atoms with Crippen LogP contribution >= 0.6 is 0 Å². The highest BCUT2D eigenvalue weighted by molar-refractivity contribution is 5.14. The largest absolute Gasteiger partial charge is 0.446 e. The molecule has 0 aliphatic carbocycles. The topological polar surface area (TPSA) is 40.5 Å². The Morgan fingerprint density at radius 2 is 1.61 bits per heavy atom. The molecule has 6 heteroatoms. The summed E-state index contributed by atoms with van der Waals surface area (Å²) in [6, 6.07) is 8.85. The van der Waals surface area contributed by atoms with E-state index in [4.69, 9.17) is 10.2 Å². The van der Waals surface area contributed by atoms with Gasteiger partial charge in [-0.25, -0.2) is 4.39 Å². The van der Waals surface area contributed by atoms with E-state index in [2.05, 4.69) is 0 Å². The molecule has 1 rings (SSSR count). The minimum absolute atomic E-state index is 0.101. The highest BCUT2D eigenvalue weighted by Gasteiger charge is 2.58. The summed E-state index contributed by atoms with van der Waals surface area (Å²) in [6.45, 7) is 0. The molecule has 0 saturated heterocycles. The molecule has 1 atom stereocenters. The summed E-state index contributed by atoms with van der Waals surface area (Å²) >= 11 is 0. The van der Waals surface area contributed by atoms with E-state index in [1.165, 1.54) is 0 Å². The van der Waals surface area contributed by atoms with E-state index < -0.39 is 24.6 Å². The quantitative estimate of drug-likeness (QED) is 0.635. The van der Waals surface area contributed by atoms with Gasteiger partial charge in [0.1, 0.15) is 0 Å². The maximum Gasteiger partial charge on any atom is 0.446 e. The van der Waals surface area contributed by atoms with Gasteiger partial charge in [0.05, 0.1) is 0 Å².